The second kappa shape index (κ2) is 3.11. The van der Waals surface area contributed by atoms with Crippen LogP contribution in [0.15, 0.2) is 5.11 Å². The Hall–Kier alpha value is -0.770. The zero-order chi connectivity index (χ0) is 11.3. The van der Waals surface area contributed by atoms with E-state index in [0.29, 0.717) is 5.92 Å². The van der Waals surface area contributed by atoms with Gasteiger partial charge in [-0.2, -0.15) is 0 Å². The van der Waals surface area contributed by atoms with Crippen molar-refractivity contribution in [3.05, 3.63) is 10.4 Å². The van der Waals surface area contributed by atoms with Crippen molar-refractivity contribution >= 4 is 0 Å². The summed E-state index contributed by atoms with van der Waals surface area (Å²) in [5.41, 5.74) is 7.96. The van der Waals surface area contributed by atoms with Crippen LogP contribution in [-0.2, 0) is 4.89 Å². The Kier molecular flexibility index (Phi) is 2.23. The van der Waals surface area contributed by atoms with Crippen LogP contribution >= 0.6 is 0 Å². The first-order valence-electron chi connectivity index (χ1n) is 5.33. The topological polar surface area (TPSA) is 78.2 Å². The van der Waals surface area contributed by atoms with Gasteiger partial charge in [-0.3, -0.25) is 5.26 Å². The number of azide groups is 1. The summed E-state index contributed by atoms with van der Waals surface area (Å²) >= 11 is 0. The molecule has 0 heterocycles. The molecule has 0 aliphatic heterocycles. The normalized spacial score (nSPS) is 46.5. The Bertz CT molecular complexity index is 325. The summed E-state index contributed by atoms with van der Waals surface area (Å²) in [6.45, 7) is 6.22. The van der Waals surface area contributed by atoms with Crippen LogP contribution in [-0.4, -0.2) is 16.9 Å². The minimum Gasteiger partial charge on any atom is -0.251 e. The van der Waals surface area contributed by atoms with Crippen LogP contribution in [0.3, 0.4) is 0 Å². The van der Waals surface area contributed by atoms with E-state index in [1.54, 1.807) is 0 Å². The van der Waals surface area contributed by atoms with Gasteiger partial charge in [-0.25, -0.2) is 4.89 Å². The summed E-state index contributed by atoms with van der Waals surface area (Å²) in [7, 11) is 0. The van der Waals surface area contributed by atoms with E-state index in [4.69, 9.17) is 10.8 Å². The molecule has 0 saturated heterocycles. The van der Waals surface area contributed by atoms with Crippen LogP contribution in [0, 0.1) is 17.3 Å². The van der Waals surface area contributed by atoms with E-state index in [-0.39, 0.29) is 17.4 Å². The van der Waals surface area contributed by atoms with Crippen LogP contribution in [0.5, 0.6) is 0 Å². The fourth-order valence-corrected chi connectivity index (χ4v) is 3.47. The number of rotatable bonds is 2. The van der Waals surface area contributed by atoms with E-state index in [2.05, 4.69) is 28.8 Å². The zero-order valence-corrected chi connectivity index (χ0v) is 9.34. The van der Waals surface area contributed by atoms with Crippen molar-refractivity contribution in [2.24, 2.45) is 22.4 Å². The van der Waals surface area contributed by atoms with E-state index in [0.717, 1.165) is 12.8 Å². The van der Waals surface area contributed by atoms with Gasteiger partial charge in [0.25, 0.3) is 0 Å². The molecule has 0 aromatic heterocycles. The Morgan fingerprint density at radius 2 is 2.07 bits per heavy atom. The molecule has 5 heteroatoms. The van der Waals surface area contributed by atoms with Crippen molar-refractivity contribution in [2.45, 2.75) is 45.3 Å². The van der Waals surface area contributed by atoms with Crippen molar-refractivity contribution < 1.29 is 10.1 Å². The fraction of sp³-hybridized carbons (Fsp3) is 1.00. The lowest BCUT2D eigenvalue weighted by Gasteiger charge is -2.64. The van der Waals surface area contributed by atoms with Crippen molar-refractivity contribution in [3.8, 4) is 0 Å². The van der Waals surface area contributed by atoms with Crippen LogP contribution < -0.4 is 0 Å². The monoisotopic (exact) mass is 211 g/mol. The van der Waals surface area contributed by atoms with E-state index in [1.807, 2.05) is 6.92 Å². The van der Waals surface area contributed by atoms with Gasteiger partial charge in [0.1, 0.15) is 5.60 Å². The molecule has 0 aromatic rings. The van der Waals surface area contributed by atoms with Gasteiger partial charge in [-0.1, -0.05) is 19.0 Å². The molecule has 3 aliphatic carbocycles. The molecule has 5 nitrogen and oxygen atoms in total. The summed E-state index contributed by atoms with van der Waals surface area (Å²) in [4.78, 5) is 7.50. The maximum absolute atomic E-state index is 9.09. The molecule has 3 rings (SSSR count). The highest BCUT2D eigenvalue weighted by molar-refractivity contribution is 5.15. The van der Waals surface area contributed by atoms with Gasteiger partial charge < -0.3 is 0 Å². The highest BCUT2D eigenvalue weighted by Crippen LogP contribution is 2.64. The standard InChI is InChI=1S/C10H17N3O2/c1-9(2)6-4-7(9)10(3,15-14)8(5-6)12-13-11/h6-8,14H,4-5H2,1-3H3/t6-,7+,8+,10+/m0/s1. The second-order valence-electron chi connectivity index (χ2n) is 5.54. The van der Waals surface area contributed by atoms with E-state index < -0.39 is 5.60 Å². The molecule has 3 saturated carbocycles. The third kappa shape index (κ3) is 1.20. The number of fused-ring (bicyclic) bond motifs is 2. The molecule has 3 fully saturated rings. The molecule has 15 heavy (non-hydrogen) atoms. The molecular weight excluding hydrogens is 194 g/mol. The first-order chi connectivity index (χ1) is 6.96. The number of hydrogen-bond acceptors (Lipinski definition) is 3. The molecule has 0 amide bonds. The molecule has 3 aliphatic rings. The minimum absolute atomic E-state index is 0.180. The maximum Gasteiger partial charge on any atom is 0.112 e. The average molecular weight is 211 g/mol. The van der Waals surface area contributed by atoms with Crippen molar-refractivity contribution in [2.75, 3.05) is 0 Å². The van der Waals surface area contributed by atoms with Gasteiger partial charge in [-0.15, -0.1) is 0 Å². The fourth-order valence-electron chi connectivity index (χ4n) is 3.47. The summed E-state index contributed by atoms with van der Waals surface area (Å²) in [5.74, 6) is 0.852. The van der Waals surface area contributed by atoms with Gasteiger partial charge in [0, 0.05) is 4.91 Å². The smallest absolute Gasteiger partial charge is 0.112 e. The molecule has 2 bridgehead atoms. The molecule has 0 aromatic carbocycles. The summed E-state index contributed by atoms with van der Waals surface area (Å²) < 4.78 is 0. The Morgan fingerprint density at radius 1 is 1.40 bits per heavy atom. The van der Waals surface area contributed by atoms with Crippen LogP contribution in [0.4, 0.5) is 0 Å². The van der Waals surface area contributed by atoms with E-state index in [9.17, 15) is 0 Å². The molecule has 4 atom stereocenters. The molecule has 0 radical (unpaired) electrons. The molecular formula is C10H17N3O2. The third-order valence-corrected chi connectivity index (χ3v) is 4.72. The highest BCUT2D eigenvalue weighted by atomic mass is 17.1. The molecule has 0 unspecified atom stereocenters. The van der Waals surface area contributed by atoms with Crippen LogP contribution in [0.1, 0.15) is 33.6 Å². The highest BCUT2D eigenvalue weighted by Gasteiger charge is 2.64. The van der Waals surface area contributed by atoms with Crippen molar-refractivity contribution in [3.63, 3.8) is 0 Å². The van der Waals surface area contributed by atoms with Crippen LogP contribution in [0.2, 0.25) is 0 Å². The summed E-state index contributed by atoms with van der Waals surface area (Å²) in [6, 6.07) is -0.246. The second-order valence-corrected chi connectivity index (χ2v) is 5.54. The third-order valence-electron chi connectivity index (χ3n) is 4.72. The molecule has 1 N–H and O–H groups in total. The largest absolute Gasteiger partial charge is 0.251 e. The van der Waals surface area contributed by atoms with Gasteiger partial charge in [0.2, 0.25) is 0 Å². The Morgan fingerprint density at radius 3 is 2.53 bits per heavy atom. The van der Waals surface area contributed by atoms with Crippen molar-refractivity contribution in [1.82, 2.24) is 0 Å². The number of hydrogen-bond donors (Lipinski definition) is 1. The van der Waals surface area contributed by atoms with Crippen LogP contribution in [0.25, 0.3) is 10.4 Å². The van der Waals surface area contributed by atoms with E-state index in [1.165, 1.54) is 0 Å². The lowest BCUT2D eigenvalue weighted by molar-refractivity contribution is -0.376. The summed E-state index contributed by atoms with van der Waals surface area (Å²) in [6.07, 6.45) is 1.87. The first-order valence-corrected chi connectivity index (χ1v) is 5.33. The minimum atomic E-state index is -0.718. The van der Waals surface area contributed by atoms with Gasteiger partial charge in [0.05, 0.1) is 6.04 Å². The lowest BCUT2D eigenvalue weighted by Crippen LogP contribution is -2.66. The van der Waals surface area contributed by atoms with Gasteiger partial charge in [-0.05, 0) is 42.5 Å². The maximum atomic E-state index is 9.09. The Balaban J connectivity index is 2.32. The average Bonchev–Trinajstić information content (AvgIpc) is 2.20. The van der Waals surface area contributed by atoms with Gasteiger partial charge >= 0.3 is 0 Å². The quantitative estimate of drug-likeness (QED) is 0.250. The molecule has 0 spiro atoms. The SMILES string of the molecule is CC1(C)[C@H]2C[C@H]1[C@@](C)(OO)[C@H](N=[N+]=[N-])C2. The van der Waals surface area contributed by atoms with E-state index >= 15 is 0 Å². The Labute approximate surface area is 89.0 Å². The zero-order valence-electron chi connectivity index (χ0n) is 9.34. The predicted octanol–water partition coefficient (Wildman–Crippen LogP) is 2.98. The summed E-state index contributed by atoms with van der Waals surface area (Å²) in [5, 5.41) is 12.8. The number of nitrogens with zero attached hydrogens (tertiary/aromatic N) is 3. The predicted molar refractivity (Wildman–Crippen MR) is 55.0 cm³/mol. The van der Waals surface area contributed by atoms with Crippen molar-refractivity contribution in [1.29, 1.82) is 0 Å². The first kappa shape index (κ1) is 10.7. The molecule has 84 valence electrons. The van der Waals surface area contributed by atoms with Gasteiger partial charge in [0.15, 0.2) is 0 Å². The lowest BCUT2D eigenvalue weighted by atomic mass is 9.43.